The third kappa shape index (κ3) is 3.41. The number of nitrogens with one attached hydrogen (secondary N) is 1. The normalized spacial score (nSPS) is 20.4. The van der Waals surface area contributed by atoms with Crippen LogP contribution < -0.4 is 15.6 Å². The van der Waals surface area contributed by atoms with Crippen molar-refractivity contribution in [3.05, 3.63) is 39.4 Å². The molecule has 7 heteroatoms. The van der Waals surface area contributed by atoms with E-state index in [4.69, 9.17) is 0 Å². The molecule has 1 saturated heterocycles. The molecule has 0 radical (unpaired) electrons. The smallest absolute Gasteiger partial charge is 0.341 e. The van der Waals surface area contributed by atoms with Crippen molar-refractivity contribution in [1.82, 2.24) is 9.88 Å². The summed E-state index contributed by atoms with van der Waals surface area (Å²) in [5.74, 6) is -1.25. The first-order chi connectivity index (χ1) is 13.8. The second-order valence-electron chi connectivity index (χ2n) is 8.39. The van der Waals surface area contributed by atoms with E-state index in [1.54, 1.807) is 13.0 Å². The van der Waals surface area contributed by atoms with E-state index >= 15 is 4.39 Å². The third-order valence-electron chi connectivity index (χ3n) is 6.45. The third-order valence-corrected chi connectivity index (χ3v) is 6.45. The molecule has 2 fully saturated rings. The Morgan fingerprint density at radius 3 is 2.72 bits per heavy atom. The quantitative estimate of drug-likeness (QED) is 0.777. The van der Waals surface area contributed by atoms with Gasteiger partial charge in [-0.05, 0) is 51.6 Å². The lowest BCUT2D eigenvalue weighted by atomic mass is 10.0. The molecule has 2 aliphatic rings. The van der Waals surface area contributed by atoms with Gasteiger partial charge in [-0.3, -0.25) is 4.79 Å². The minimum absolute atomic E-state index is 0.175. The summed E-state index contributed by atoms with van der Waals surface area (Å²) in [5, 5.41) is 13.1. The van der Waals surface area contributed by atoms with Crippen LogP contribution in [0.3, 0.4) is 0 Å². The lowest BCUT2D eigenvalue weighted by Crippen LogP contribution is -2.35. The van der Waals surface area contributed by atoms with Gasteiger partial charge < -0.3 is 19.9 Å². The highest BCUT2D eigenvalue weighted by atomic mass is 19.1. The van der Waals surface area contributed by atoms with Crippen LogP contribution in [-0.4, -0.2) is 41.3 Å². The van der Waals surface area contributed by atoms with Crippen LogP contribution in [0.1, 0.15) is 55.1 Å². The van der Waals surface area contributed by atoms with Gasteiger partial charge in [0.05, 0.1) is 16.6 Å². The molecule has 0 unspecified atom stereocenters. The van der Waals surface area contributed by atoms with Crippen molar-refractivity contribution in [2.75, 3.05) is 24.5 Å². The fourth-order valence-corrected chi connectivity index (χ4v) is 4.59. The van der Waals surface area contributed by atoms with Crippen LogP contribution in [0.5, 0.6) is 0 Å². The first-order valence-electron chi connectivity index (χ1n) is 10.4. The fraction of sp³-hybridized carbons (Fsp3) is 0.545. The van der Waals surface area contributed by atoms with E-state index in [0.29, 0.717) is 23.2 Å². The number of nitrogens with zero attached hydrogens (tertiary/aromatic N) is 2. The first kappa shape index (κ1) is 19.9. The first-order valence-corrected chi connectivity index (χ1v) is 10.4. The molecule has 0 bridgehead atoms. The molecule has 4 rings (SSSR count). The van der Waals surface area contributed by atoms with Gasteiger partial charge in [0.1, 0.15) is 11.4 Å². The Morgan fingerprint density at radius 2 is 2.10 bits per heavy atom. The van der Waals surface area contributed by atoms with Crippen molar-refractivity contribution < 1.29 is 14.3 Å². The summed E-state index contributed by atoms with van der Waals surface area (Å²) < 4.78 is 17.2. The lowest BCUT2D eigenvalue weighted by Gasteiger charge is -2.24. The Hall–Kier alpha value is -2.41. The molecular weight excluding hydrogens is 373 g/mol. The molecule has 2 aromatic rings. The monoisotopic (exact) mass is 401 g/mol. The summed E-state index contributed by atoms with van der Waals surface area (Å²) in [6.45, 7) is 8.26. The van der Waals surface area contributed by atoms with E-state index in [1.165, 1.54) is 6.20 Å². The Labute approximate surface area is 169 Å². The molecule has 1 aliphatic carbocycles. The predicted molar refractivity (Wildman–Crippen MR) is 112 cm³/mol. The van der Waals surface area contributed by atoms with Gasteiger partial charge >= 0.3 is 5.97 Å². The van der Waals surface area contributed by atoms with Gasteiger partial charge in [0.2, 0.25) is 5.43 Å². The standard InChI is InChI=1S/C22H28FN3O3/c1-4-24-13(3)14-7-8-25(10-14)18-9-17-19(12(2)20(18)23)21(27)16(22(28)29)11-26(17)15-5-6-15/h9,11,13-15,24H,4-8,10H2,1-3H3,(H,28,29)/t13-,14+/m1/s1. The molecule has 156 valence electrons. The number of halogens is 1. The van der Waals surface area contributed by atoms with Crippen LogP contribution in [0.25, 0.3) is 10.9 Å². The molecule has 0 spiro atoms. The molecule has 1 aromatic heterocycles. The molecule has 29 heavy (non-hydrogen) atoms. The minimum Gasteiger partial charge on any atom is -0.477 e. The SMILES string of the molecule is CCN[C@H](C)[C@H]1CCN(c2cc3c(c(C)c2F)c(=O)c(C(=O)O)cn3C2CC2)C1. The second-order valence-corrected chi connectivity index (χ2v) is 8.39. The number of pyridine rings is 1. The van der Waals surface area contributed by atoms with Crippen LogP contribution in [0.15, 0.2) is 17.1 Å². The maximum atomic E-state index is 15.4. The lowest BCUT2D eigenvalue weighted by molar-refractivity contribution is 0.0695. The Balaban J connectivity index is 1.83. The van der Waals surface area contributed by atoms with E-state index in [1.807, 2.05) is 4.57 Å². The highest BCUT2D eigenvalue weighted by Crippen LogP contribution is 2.39. The molecule has 1 aromatic carbocycles. The number of hydrogen-bond donors (Lipinski definition) is 2. The van der Waals surface area contributed by atoms with E-state index in [2.05, 4.69) is 24.1 Å². The zero-order valence-corrected chi connectivity index (χ0v) is 17.2. The number of carboxylic acid groups (broad SMARTS) is 1. The summed E-state index contributed by atoms with van der Waals surface area (Å²) in [4.78, 5) is 26.4. The van der Waals surface area contributed by atoms with Crippen LogP contribution in [0.4, 0.5) is 10.1 Å². The van der Waals surface area contributed by atoms with Crippen molar-refractivity contribution in [3.8, 4) is 0 Å². The average Bonchev–Trinajstić information content (AvgIpc) is 3.40. The highest BCUT2D eigenvalue weighted by Gasteiger charge is 2.32. The summed E-state index contributed by atoms with van der Waals surface area (Å²) in [5.41, 5.74) is 0.494. The number of hydrogen-bond acceptors (Lipinski definition) is 4. The molecule has 2 N–H and O–H groups in total. The molecule has 6 nitrogen and oxygen atoms in total. The van der Waals surface area contributed by atoms with Crippen LogP contribution in [0, 0.1) is 18.7 Å². The van der Waals surface area contributed by atoms with Gasteiger partial charge in [0.25, 0.3) is 0 Å². The summed E-state index contributed by atoms with van der Waals surface area (Å²) in [6, 6.07) is 2.29. The van der Waals surface area contributed by atoms with Gasteiger partial charge in [-0.1, -0.05) is 6.92 Å². The maximum absolute atomic E-state index is 15.4. The summed E-state index contributed by atoms with van der Waals surface area (Å²) >= 11 is 0. The largest absolute Gasteiger partial charge is 0.477 e. The van der Waals surface area contributed by atoms with Gasteiger partial charge in [-0.15, -0.1) is 0 Å². The summed E-state index contributed by atoms with van der Waals surface area (Å²) in [6.07, 6.45) is 4.30. The number of aromatic nitrogens is 1. The number of aromatic carboxylic acids is 1. The Kier molecular flexibility index (Phi) is 5.11. The van der Waals surface area contributed by atoms with E-state index in [0.717, 1.165) is 38.9 Å². The zero-order valence-electron chi connectivity index (χ0n) is 17.2. The van der Waals surface area contributed by atoms with Gasteiger partial charge in [-0.25, -0.2) is 9.18 Å². The van der Waals surface area contributed by atoms with E-state index in [-0.39, 0.29) is 22.6 Å². The van der Waals surface area contributed by atoms with Crippen molar-refractivity contribution in [2.45, 2.75) is 52.1 Å². The van der Waals surface area contributed by atoms with Crippen LogP contribution in [-0.2, 0) is 0 Å². The number of carbonyl (C=O) groups is 1. The molecule has 0 amide bonds. The highest BCUT2D eigenvalue weighted by molar-refractivity contribution is 5.95. The van der Waals surface area contributed by atoms with Crippen LogP contribution >= 0.6 is 0 Å². The molecule has 1 saturated carbocycles. The van der Waals surface area contributed by atoms with Crippen molar-refractivity contribution in [3.63, 3.8) is 0 Å². The van der Waals surface area contributed by atoms with Gasteiger partial charge in [0.15, 0.2) is 0 Å². The number of anilines is 1. The number of benzene rings is 1. The second kappa shape index (κ2) is 7.44. The molecule has 2 atom stereocenters. The Bertz CT molecular complexity index is 1030. The fourth-order valence-electron chi connectivity index (χ4n) is 4.59. The molecular formula is C22H28FN3O3. The van der Waals surface area contributed by atoms with E-state index < -0.39 is 17.2 Å². The molecule has 2 heterocycles. The topological polar surface area (TPSA) is 74.6 Å². The van der Waals surface area contributed by atoms with Gasteiger partial charge in [-0.2, -0.15) is 0 Å². The van der Waals surface area contributed by atoms with Gasteiger partial charge in [0, 0.05) is 36.9 Å². The average molecular weight is 401 g/mol. The van der Waals surface area contributed by atoms with Crippen molar-refractivity contribution >= 4 is 22.6 Å². The van der Waals surface area contributed by atoms with E-state index in [9.17, 15) is 14.7 Å². The predicted octanol–water partition coefficient (Wildman–Crippen LogP) is 3.31. The van der Waals surface area contributed by atoms with Crippen LogP contribution in [0.2, 0.25) is 0 Å². The zero-order chi connectivity index (χ0) is 20.9. The summed E-state index contributed by atoms with van der Waals surface area (Å²) in [7, 11) is 0. The number of carboxylic acids is 1. The maximum Gasteiger partial charge on any atom is 0.341 e. The number of rotatable bonds is 6. The molecule has 1 aliphatic heterocycles. The number of aryl methyl sites for hydroxylation is 1. The Morgan fingerprint density at radius 1 is 1.38 bits per heavy atom. The minimum atomic E-state index is -1.27. The number of fused-ring (bicyclic) bond motifs is 1. The van der Waals surface area contributed by atoms with Crippen molar-refractivity contribution in [1.29, 1.82) is 0 Å². The van der Waals surface area contributed by atoms with Crippen molar-refractivity contribution in [2.24, 2.45) is 5.92 Å².